The van der Waals surface area contributed by atoms with E-state index >= 15 is 0 Å². The molecule has 2 aromatic heterocycles. The Morgan fingerprint density at radius 3 is 2.70 bits per heavy atom. The Morgan fingerprint density at radius 1 is 1.26 bits per heavy atom. The summed E-state index contributed by atoms with van der Waals surface area (Å²) in [5.74, 6) is 0.892. The van der Waals surface area contributed by atoms with Crippen molar-refractivity contribution in [3.63, 3.8) is 0 Å². The highest BCUT2D eigenvalue weighted by molar-refractivity contribution is 14.0. The number of aromatic nitrogens is 1. The molecule has 23 heavy (non-hydrogen) atoms. The average molecular weight is 464 g/mol. The van der Waals surface area contributed by atoms with Gasteiger partial charge in [-0.3, -0.25) is 0 Å². The molecule has 7 heteroatoms. The van der Waals surface area contributed by atoms with Crippen LogP contribution in [0, 0.1) is 13.8 Å². The maximum Gasteiger partial charge on any atom is 0.191 e. The van der Waals surface area contributed by atoms with Crippen molar-refractivity contribution in [2.75, 3.05) is 13.1 Å². The van der Waals surface area contributed by atoms with Gasteiger partial charge < -0.3 is 10.6 Å². The van der Waals surface area contributed by atoms with E-state index in [0.717, 1.165) is 44.1 Å². The number of hydrogen-bond donors (Lipinski definition) is 2. The van der Waals surface area contributed by atoms with Crippen molar-refractivity contribution in [2.24, 2.45) is 4.99 Å². The van der Waals surface area contributed by atoms with E-state index in [9.17, 15) is 0 Å². The van der Waals surface area contributed by atoms with Gasteiger partial charge in [-0.05, 0) is 39.3 Å². The quantitative estimate of drug-likeness (QED) is 0.281. The van der Waals surface area contributed by atoms with E-state index in [1.54, 1.807) is 22.7 Å². The summed E-state index contributed by atoms with van der Waals surface area (Å²) in [5, 5.41) is 10.0. The van der Waals surface area contributed by atoms with Crippen molar-refractivity contribution in [3.05, 3.63) is 38.0 Å². The van der Waals surface area contributed by atoms with Gasteiger partial charge in [-0.1, -0.05) is 0 Å². The van der Waals surface area contributed by atoms with E-state index in [1.165, 1.54) is 14.8 Å². The fraction of sp³-hybridized carbons (Fsp3) is 0.500. The molecule has 0 atom stereocenters. The van der Waals surface area contributed by atoms with E-state index in [0.29, 0.717) is 0 Å². The molecule has 0 aliphatic heterocycles. The Hall–Kier alpha value is -0.670. The van der Waals surface area contributed by atoms with Crippen LogP contribution in [0.2, 0.25) is 0 Å². The monoisotopic (exact) mass is 464 g/mol. The van der Waals surface area contributed by atoms with Gasteiger partial charge in [-0.2, -0.15) is 0 Å². The van der Waals surface area contributed by atoms with E-state index in [1.807, 2.05) is 6.92 Å². The zero-order chi connectivity index (χ0) is 15.8. The lowest BCUT2D eigenvalue weighted by Gasteiger charge is -2.10. The predicted octanol–water partition coefficient (Wildman–Crippen LogP) is 4.13. The van der Waals surface area contributed by atoms with Crippen LogP contribution in [0.3, 0.4) is 0 Å². The van der Waals surface area contributed by atoms with E-state index in [4.69, 9.17) is 0 Å². The van der Waals surface area contributed by atoms with Crippen molar-refractivity contribution in [1.29, 1.82) is 0 Å². The molecule has 2 rings (SSSR count). The molecule has 2 aromatic rings. The molecule has 0 fully saturated rings. The topological polar surface area (TPSA) is 49.3 Å². The Morgan fingerprint density at radius 2 is 2.09 bits per heavy atom. The highest BCUT2D eigenvalue weighted by atomic mass is 127. The van der Waals surface area contributed by atoms with Crippen LogP contribution < -0.4 is 10.6 Å². The van der Waals surface area contributed by atoms with Crippen LogP contribution in [0.15, 0.2) is 22.5 Å². The van der Waals surface area contributed by atoms with Crippen LogP contribution in [-0.4, -0.2) is 24.0 Å². The van der Waals surface area contributed by atoms with E-state index in [-0.39, 0.29) is 24.0 Å². The maximum atomic E-state index is 4.64. The summed E-state index contributed by atoms with van der Waals surface area (Å²) in [6.45, 7) is 8.78. The van der Waals surface area contributed by atoms with Gasteiger partial charge in [0.05, 0.1) is 11.6 Å². The second-order valence-corrected chi connectivity index (χ2v) is 7.44. The number of aryl methyl sites for hydroxylation is 3. The lowest BCUT2D eigenvalue weighted by molar-refractivity contribution is 0.741. The summed E-state index contributed by atoms with van der Waals surface area (Å²) in [6.07, 6.45) is 2.09. The number of halogens is 1. The van der Waals surface area contributed by atoms with Crippen LogP contribution in [0.5, 0.6) is 0 Å². The fourth-order valence-corrected chi connectivity index (χ4v) is 3.67. The molecule has 0 aliphatic carbocycles. The molecule has 2 heterocycles. The summed E-state index contributed by atoms with van der Waals surface area (Å²) in [6, 6.07) is 4.30. The van der Waals surface area contributed by atoms with Crippen molar-refractivity contribution in [2.45, 2.75) is 40.2 Å². The molecular formula is C16H25IN4S2. The summed E-state index contributed by atoms with van der Waals surface area (Å²) in [4.78, 5) is 11.8. The third-order valence-electron chi connectivity index (χ3n) is 3.06. The predicted molar refractivity (Wildman–Crippen MR) is 112 cm³/mol. The number of nitrogens with zero attached hydrogens (tertiary/aromatic N) is 2. The molecule has 0 aromatic carbocycles. The summed E-state index contributed by atoms with van der Waals surface area (Å²) in [5.41, 5.74) is 1.12. The SMILES string of the molecule is CCNC(=NCc1ccc(C)s1)NCCCc1nc(C)cs1.I. The normalized spacial score (nSPS) is 11.2. The van der Waals surface area contributed by atoms with Gasteiger partial charge in [0, 0.05) is 40.3 Å². The Balaban J connectivity index is 0.00000264. The molecule has 0 saturated heterocycles. The summed E-state index contributed by atoms with van der Waals surface area (Å²) in [7, 11) is 0. The molecule has 2 N–H and O–H groups in total. The number of rotatable bonds is 7. The number of aliphatic imine (C=N–C) groups is 1. The molecule has 0 spiro atoms. The van der Waals surface area contributed by atoms with Crippen molar-refractivity contribution in [1.82, 2.24) is 15.6 Å². The number of hydrogen-bond acceptors (Lipinski definition) is 4. The van der Waals surface area contributed by atoms with Gasteiger partial charge in [0.1, 0.15) is 0 Å². The minimum absolute atomic E-state index is 0. The van der Waals surface area contributed by atoms with E-state index < -0.39 is 0 Å². The zero-order valence-corrected chi connectivity index (χ0v) is 17.9. The number of nitrogens with one attached hydrogen (secondary N) is 2. The Kier molecular flexibility index (Phi) is 9.73. The lowest BCUT2D eigenvalue weighted by atomic mass is 10.3. The van der Waals surface area contributed by atoms with Crippen LogP contribution in [0.4, 0.5) is 0 Å². The van der Waals surface area contributed by atoms with Gasteiger partial charge in [0.2, 0.25) is 0 Å². The third kappa shape index (κ3) is 7.63. The summed E-state index contributed by atoms with van der Waals surface area (Å²) >= 11 is 3.55. The molecule has 0 radical (unpaired) electrons. The molecule has 0 bridgehead atoms. The summed E-state index contributed by atoms with van der Waals surface area (Å²) < 4.78 is 0. The molecule has 0 unspecified atom stereocenters. The molecular weight excluding hydrogens is 439 g/mol. The molecule has 128 valence electrons. The van der Waals surface area contributed by atoms with Gasteiger partial charge in [0.15, 0.2) is 5.96 Å². The zero-order valence-electron chi connectivity index (χ0n) is 13.9. The molecule has 0 amide bonds. The number of thiophene rings is 1. The third-order valence-corrected chi connectivity index (χ3v) is 5.07. The van der Waals surface area contributed by atoms with Crippen LogP contribution in [-0.2, 0) is 13.0 Å². The first-order chi connectivity index (χ1) is 10.7. The second-order valence-electron chi connectivity index (χ2n) is 5.12. The van der Waals surface area contributed by atoms with Crippen LogP contribution in [0.25, 0.3) is 0 Å². The number of guanidine groups is 1. The molecule has 4 nitrogen and oxygen atoms in total. The van der Waals surface area contributed by atoms with Crippen molar-refractivity contribution >= 4 is 52.6 Å². The van der Waals surface area contributed by atoms with Crippen LogP contribution >= 0.6 is 46.7 Å². The second kappa shape index (κ2) is 11.0. The average Bonchev–Trinajstić information content (AvgIpc) is 3.09. The standard InChI is InChI=1S/C16H24N4S2.HI/c1-4-17-16(19-10-14-8-7-13(3)22-14)18-9-5-6-15-20-12(2)11-21-15;/h7-8,11H,4-6,9-10H2,1-3H3,(H2,17,18,19);1H. The van der Waals surface area contributed by atoms with Gasteiger partial charge >= 0.3 is 0 Å². The smallest absolute Gasteiger partial charge is 0.191 e. The molecule has 0 aliphatic rings. The number of thiazole rings is 1. The van der Waals surface area contributed by atoms with Gasteiger partial charge in [0.25, 0.3) is 0 Å². The Labute approximate surface area is 163 Å². The first kappa shape index (κ1) is 20.4. The van der Waals surface area contributed by atoms with E-state index in [2.05, 4.69) is 52.0 Å². The highest BCUT2D eigenvalue weighted by Crippen LogP contribution is 2.15. The van der Waals surface area contributed by atoms with Crippen LogP contribution in [0.1, 0.15) is 33.8 Å². The van der Waals surface area contributed by atoms with Gasteiger partial charge in [-0.25, -0.2) is 9.98 Å². The maximum absolute atomic E-state index is 4.64. The first-order valence-electron chi connectivity index (χ1n) is 7.66. The minimum Gasteiger partial charge on any atom is -0.357 e. The Bertz CT molecular complexity index is 607. The van der Waals surface area contributed by atoms with Crippen molar-refractivity contribution in [3.8, 4) is 0 Å². The van der Waals surface area contributed by atoms with Gasteiger partial charge in [-0.15, -0.1) is 46.7 Å². The first-order valence-corrected chi connectivity index (χ1v) is 9.35. The van der Waals surface area contributed by atoms with Crippen molar-refractivity contribution < 1.29 is 0 Å². The fourth-order valence-electron chi connectivity index (χ4n) is 2.03. The lowest BCUT2D eigenvalue weighted by Crippen LogP contribution is -2.37. The minimum atomic E-state index is 0. The highest BCUT2D eigenvalue weighted by Gasteiger charge is 2.01. The largest absolute Gasteiger partial charge is 0.357 e. The molecule has 0 saturated carbocycles.